The molecule has 0 unspecified atom stereocenters. The topological polar surface area (TPSA) is 57.6 Å². The highest BCUT2D eigenvalue weighted by atomic mass is 32.2. The number of carbonyl (C=O) groups excluding carboxylic acids is 1. The molecule has 2 rings (SSSR count). The number of aliphatic carboxylic acids is 1. The molecule has 140 valence electrons. The largest absolute Gasteiger partial charge is 0.480 e. The molecular formula is C20H25NO3S2. The van der Waals surface area contributed by atoms with Crippen LogP contribution in [0.5, 0.6) is 0 Å². The SMILES string of the molecule is CC(C=CC1=C(C)CCCC1(C)C)=CC=C1SC(=S)N(CC(=O)O)C1=O. The summed E-state index contributed by atoms with van der Waals surface area (Å²) in [6.07, 6.45) is 11.4. The van der Waals surface area contributed by atoms with Crippen LogP contribution in [-0.2, 0) is 9.59 Å². The van der Waals surface area contributed by atoms with E-state index in [1.165, 1.54) is 24.0 Å². The van der Waals surface area contributed by atoms with Crippen LogP contribution in [0.3, 0.4) is 0 Å². The molecule has 0 bridgehead atoms. The van der Waals surface area contributed by atoms with E-state index >= 15 is 0 Å². The van der Waals surface area contributed by atoms with E-state index < -0.39 is 12.5 Å². The first kappa shape index (κ1) is 20.6. The van der Waals surface area contributed by atoms with Crippen LogP contribution in [0.25, 0.3) is 0 Å². The van der Waals surface area contributed by atoms with E-state index in [2.05, 4.69) is 32.9 Å². The molecule has 1 aliphatic heterocycles. The number of rotatable bonds is 5. The Hall–Kier alpha value is -1.66. The zero-order valence-corrected chi connectivity index (χ0v) is 17.3. The number of carboxylic acids is 1. The first-order valence-electron chi connectivity index (χ1n) is 8.64. The third-order valence-electron chi connectivity index (χ3n) is 4.72. The lowest BCUT2D eigenvalue weighted by Crippen LogP contribution is -2.33. The lowest BCUT2D eigenvalue weighted by atomic mass is 9.72. The van der Waals surface area contributed by atoms with Crippen molar-refractivity contribution in [1.29, 1.82) is 0 Å². The van der Waals surface area contributed by atoms with Crippen LogP contribution in [0, 0.1) is 5.41 Å². The summed E-state index contributed by atoms with van der Waals surface area (Å²) in [5, 5.41) is 8.86. The van der Waals surface area contributed by atoms with E-state index in [9.17, 15) is 9.59 Å². The van der Waals surface area contributed by atoms with Crippen molar-refractivity contribution in [3.63, 3.8) is 0 Å². The molecule has 1 amide bonds. The molecule has 0 radical (unpaired) electrons. The monoisotopic (exact) mass is 391 g/mol. The minimum Gasteiger partial charge on any atom is -0.480 e. The minimum absolute atomic E-state index is 0.193. The number of nitrogens with zero attached hydrogens (tertiary/aromatic N) is 1. The quantitative estimate of drug-likeness (QED) is 0.413. The van der Waals surface area contributed by atoms with E-state index in [-0.39, 0.29) is 15.6 Å². The third kappa shape index (κ3) is 4.95. The number of amides is 1. The Morgan fingerprint density at radius 2 is 2.12 bits per heavy atom. The van der Waals surface area contributed by atoms with Crippen LogP contribution in [-0.4, -0.2) is 32.7 Å². The van der Waals surface area contributed by atoms with Gasteiger partial charge in [0.1, 0.15) is 10.9 Å². The lowest BCUT2D eigenvalue weighted by Gasteiger charge is -2.32. The van der Waals surface area contributed by atoms with Crippen molar-refractivity contribution in [2.45, 2.75) is 47.0 Å². The van der Waals surface area contributed by atoms with Gasteiger partial charge in [-0.15, -0.1) is 0 Å². The maximum Gasteiger partial charge on any atom is 0.323 e. The molecular weight excluding hydrogens is 366 g/mol. The van der Waals surface area contributed by atoms with Crippen LogP contribution in [0.15, 0.2) is 45.9 Å². The summed E-state index contributed by atoms with van der Waals surface area (Å²) in [6.45, 7) is 8.35. The maximum absolute atomic E-state index is 12.2. The molecule has 1 aliphatic carbocycles. The second-order valence-corrected chi connectivity index (χ2v) is 9.04. The molecule has 0 atom stereocenters. The molecule has 1 fully saturated rings. The summed E-state index contributed by atoms with van der Waals surface area (Å²) in [4.78, 5) is 24.6. The van der Waals surface area contributed by atoms with Crippen LogP contribution in [0.2, 0.25) is 0 Å². The van der Waals surface area contributed by atoms with Crippen LogP contribution in [0.4, 0.5) is 0 Å². The van der Waals surface area contributed by atoms with Gasteiger partial charge >= 0.3 is 5.97 Å². The molecule has 2 aliphatic rings. The molecule has 0 spiro atoms. The number of thioether (sulfide) groups is 1. The molecule has 0 aromatic rings. The maximum atomic E-state index is 12.2. The van der Waals surface area contributed by atoms with Crippen molar-refractivity contribution < 1.29 is 14.7 Å². The van der Waals surface area contributed by atoms with Gasteiger partial charge in [-0.05, 0) is 50.2 Å². The first-order chi connectivity index (χ1) is 12.1. The molecule has 6 heteroatoms. The zero-order chi connectivity index (χ0) is 19.5. The van der Waals surface area contributed by atoms with Crippen LogP contribution in [0.1, 0.15) is 47.0 Å². The summed E-state index contributed by atoms with van der Waals surface area (Å²) in [7, 11) is 0. The summed E-state index contributed by atoms with van der Waals surface area (Å²) in [5.41, 5.74) is 4.05. The van der Waals surface area contributed by atoms with Gasteiger partial charge in [-0.2, -0.15) is 0 Å². The van der Waals surface area contributed by atoms with Gasteiger partial charge in [-0.1, -0.05) is 67.2 Å². The van der Waals surface area contributed by atoms with E-state index in [1.807, 2.05) is 13.0 Å². The van der Waals surface area contributed by atoms with Crippen molar-refractivity contribution in [3.8, 4) is 0 Å². The Kier molecular flexibility index (Phi) is 6.64. The Morgan fingerprint density at radius 1 is 1.42 bits per heavy atom. The Labute approximate surface area is 164 Å². The normalized spacial score (nSPS) is 22.8. The second-order valence-electron chi connectivity index (χ2n) is 7.36. The Bertz CT molecular complexity index is 757. The number of hydrogen-bond acceptors (Lipinski definition) is 4. The summed E-state index contributed by atoms with van der Waals surface area (Å²) in [6, 6.07) is 0. The predicted octanol–water partition coefficient (Wildman–Crippen LogP) is 4.84. The fourth-order valence-corrected chi connectivity index (χ4v) is 4.47. The van der Waals surface area contributed by atoms with Crippen molar-refractivity contribution in [2.24, 2.45) is 5.41 Å². The fraction of sp³-hybridized carbons (Fsp3) is 0.450. The molecule has 4 nitrogen and oxygen atoms in total. The van der Waals surface area contributed by atoms with Crippen molar-refractivity contribution in [2.75, 3.05) is 6.54 Å². The van der Waals surface area contributed by atoms with Crippen molar-refractivity contribution in [1.82, 2.24) is 4.90 Å². The summed E-state index contributed by atoms with van der Waals surface area (Å²) >= 11 is 6.23. The highest BCUT2D eigenvalue weighted by molar-refractivity contribution is 8.26. The molecule has 0 aromatic carbocycles. The van der Waals surface area contributed by atoms with Gasteiger partial charge in [-0.25, -0.2) is 0 Å². The average molecular weight is 392 g/mol. The number of allylic oxidation sites excluding steroid dienone is 7. The molecule has 0 aromatic heterocycles. The van der Waals surface area contributed by atoms with Gasteiger partial charge in [0.25, 0.3) is 5.91 Å². The van der Waals surface area contributed by atoms with Crippen LogP contribution < -0.4 is 0 Å². The van der Waals surface area contributed by atoms with Crippen LogP contribution >= 0.6 is 24.0 Å². The highest BCUT2D eigenvalue weighted by Gasteiger charge is 2.33. The Balaban J connectivity index is 2.13. The first-order valence-corrected chi connectivity index (χ1v) is 9.86. The average Bonchev–Trinajstić information content (AvgIpc) is 2.79. The lowest BCUT2D eigenvalue weighted by molar-refractivity contribution is -0.140. The Morgan fingerprint density at radius 3 is 2.73 bits per heavy atom. The van der Waals surface area contributed by atoms with E-state index in [0.717, 1.165) is 28.7 Å². The summed E-state index contributed by atoms with van der Waals surface area (Å²) in [5.74, 6) is -1.42. The standard InChI is InChI=1S/C20H25NO3S2/c1-13(7-9-15-14(2)6-5-11-20(15,3)4)8-10-16-18(24)21(12-17(22)23)19(25)26-16/h7-10H,5-6,11-12H2,1-4H3,(H,22,23). The van der Waals surface area contributed by atoms with E-state index in [4.69, 9.17) is 17.3 Å². The van der Waals surface area contributed by atoms with Crippen molar-refractivity contribution >= 4 is 40.2 Å². The molecule has 26 heavy (non-hydrogen) atoms. The third-order valence-corrected chi connectivity index (χ3v) is 6.12. The number of thiocarbonyl (C=S) groups is 1. The van der Waals surface area contributed by atoms with E-state index in [1.54, 1.807) is 6.08 Å². The van der Waals surface area contributed by atoms with Crippen molar-refractivity contribution in [3.05, 3.63) is 45.9 Å². The van der Waals surface area contributed by atoms with Gasteiger partial charge in [0.15, 0.2) is 0 Å². The van der Waals surface area contributed by atoms with Gasteiger partial charge in [0.05, 0.1) is 4.91 Å². The number of carboxylic acid groups (broad SMARTS) is 1. The molecule has 0 saturated carbocycles. The predicted molar refractivity (Wildman–Crippen MR) is 111 cm³/mol. The van der Waals surface area contributed by atoms with E-state index in [0.29, 0.717) is 4.91 Å². The summed E-state index contributed by atoms with van der Waals surface area (Å²) < 4.78 is 0.287. The number of carbonyl (C=O) groups is 2. The minimum atomic E-state index is -1.07. The van der Waals surface area contributed by atoms with Gasteiger partial charge < -0.3 is 5.11 Å². The van der Waals surface area contributed by atoms with Gasteiger partial charge in [0, 0.05) is 0 Å². The zero-order valence-electron chi connectivity index (χ0n) is 15.7. The van der Waals surface area contributed by atoms with Gasteiger partial charge in [0.2, 0.25) is 0 Å². The highest BCUT2D eigenvalue weighted by Crippen LogP contribution is 2.40. The van der Waals surface area contributed by atoms with Gasteiger partial charge in [-0.3, -0.25) is 14.5 Å². The smallest absolute Gasteiger partial charge is 0.323 e. The molecule has 1 heterocycles. The molecule has 1 saturated heterocycles. The fourth-order valence-electron chi connectivity index (χ4n) is 3.27. The molecule has 1 N–H and O–H groups in total. The second kappa shape index (κ2) is 8.35. The number of hydrogen-bond donors (Lipinski definition) is 1.